The maximum absolute atomic E-state index is 10.7. The maximum atomic E-state index is 10.7. The number of non-ortho nitro benzene ring substituents is 1. The Morgan fingerprint density at radius 2 is 1.85 bits per heavy atom. The van der Waals surface area contributed by atoms with Crippen molar-refractivity contribution in [3.05, 3.63) is 75.3 Å². The third kappa shape index (κ3) is 2.29. The topological polar surface area (TPSA) is 52.4 Å². The molecule has 0 bridgehead atoms. The largest absolute Gasteiger partial charge is 0.487 e. The van der Waals surface area contributed by atoms with Crippen LogP contribution < -0.4 is 0 Å². The Hall–Kier alpha value is -1.89. The summed E-state index contributed by atoms with van der Waals surface area (Å²) >= 11 is 2.22. The molecule has 1 aliphatic rings. The molecule has 20 heavy (non-hydrogen) atoms. The summed E-state index contributed by atoms with van der Waals surface area (Å²) in [5.74, 6) is 0.843. The van der Waals surface area contributed by atoms with E-state index in [9.17, 15) is 10.1 Å². The van der Waals surface area contributed by atoms with Crippen molar-refractivity contribution in [1.29, 1.82) is 0 Å². The lowest BCUT2D eigenvalue weighted by molar-refractivity contribution is -0.384. The summed E-state index contributed by atoms with van der Waals surface area (Å²) in [5, 5.41) is 10.7. The van der Waals surface area contributed by atoms with E-state index in [0.717, 1.165) is 20.5 Å². The summed E-state index contributed by atoms with van der Waals surface area (Å²) < 4.78 is 6.72. The molecule has 0 atom stereocenters. The Morgan fingerprint density at radius 1 is 1.15 bits per heavy atom. The fraction of sp³-hybridized carbons (Fsp3) is 0.0667. The number of nitro benzene ring substituents is 1. The van der Waals surface area contributed by atoms with Gasteiger partial charge in [0.1, 0.15) is 12.4 Å². The van der Waals surface area contributed by atoms with Crippen LogP contribution in [-0.4, -0.2) is 4.92 Å². The Labute approximate surface area is 129 Å². The van der Waals surface area contributed by atoms with Crippen LogP contribution in [0.15, 0.2) is 48.5 Å². The fourth-order valence-electron chi connectivity index (χ4n) is 2.14. The number of nitrogens with zero attached hydrogens (tertiary/aromatic N) is 1. The highest BCUT2D eigenvalue weighted by molar-refractivity contribution is 14.1. The van der Waals surface area contributed by atoms with E-state index in [1.165, 1.54) is 17.7 Å². The average Bonchev–Trinajstić information content (AvgIpc) is 2.90. The lowest BCUT2D eigenvalue weighted by atomic mass is 10.1. The molecule has 0 N–H and O–H groups in total. The second kappa shape index (κ2) is 5.24. The molecule has 3 rings (SSSR count). The number of fused-ring (bicyclic) bond motifs is 1. The summed E-state index contributed by atoms with van der Waals surface area (Å²) in [5.41, 5.74) is 3.27. The number of hydrogen-bond acceptors (Lipinski definition) is 3. The highest BCUT2D eigenvalue weighted by atomic mass is 127. The molecule has 0 unspecified atom stereocenters. The zero-order valence-corrected chi connectivity index (χ0v) is 12.5. The molecule has 100 valence electrons. The van der Waals surface area contributed by atoms with Crippen LogP contribution in [0.1, 0.15) is 16.7 Å². The zero-order chi connectivity index (χ0) is 14.1. The first-order chi connectivity index (χ1) is 9.66. The molecule has 2 aromatic rings. The van der Waals surface area contributed by atoms with E-state index in [-0.39, 0.29) is 5.69 Å². The molecule has 2 aromatic carbocycles. The number of benzene rings is 2. The van der Waals surface area contributed by atoms with Crippen LogP contribution >= 0.6 is 22.6 Å². The van der Waals surface area contributed by atoms with Gasteiger partial charge in [0.2, 0.25) is 0 Å². The van der Waals surface area contributed by atoms with Crippen LogP contribution in [0.4, 0.5) is 5.69 Å². The number of halogens is 1. The third-order valence-corrected chi connectivity index (χ3v) is 4.28. The van der Waals surface area contributed by atoms with Gasteiger partial charge in [-0.2, -0.15) is 0 Å². The highest BCUT2D eigenvalue weighted by Gasteiger charge is 2.20. The van der Waals surface area contributed by atoms with Gasteiger partial charge in [0.05, 0.1) is 8.50 Å². The number of ether oxygens (including phenoxy) is 1. The molecule has 4 nitrogen and oxygen atoms in total. The molecule has 0 spiro atoms. The van der Waals surface area contributed by atoms with E-state index >= 15 is 0 Å². The summed E-state index contributed by atoms with van der Waals surface area (Å²) in [6.45, 7) is 0.574. The van der Waals surface area contributed by atoms with E-state index in [0.29, 0.717) is 6.61 Å². The van der Waals surface area contributed by atoms with Crippen LogP contribution in [0, 0.1) is 10.1 Å². The number of rotatable bonds is 2. The van der Waals surface area contributed by atoms with Gasteiger partial charge >= 0.3 is 0 Å². The minimum Gasteiger partial charge on any atom is -0.487 e. The Kier molecular flexibility index (Phi) is 3.43. The first kappa shape index (κ1) is 13.1. The second-order valence-electron chi connectivity index (χ2n) is 4.39. The minimum atomic E-state index is -0.398. The fourth-order valence-corrected chi connectivity index (χ4v) is 2.94. The molecule has 5 heteroatoms. The Balaban J connectivity index is 2.02. The van der Waals surface area contributed by atoms with E-state index in [2.05, 4.69) is 22.6 Å². The summed E-state index contributed by atoms with van der Waals surface area (Å²) in [4.78, 5) is 10.3. The van der Waals surface area contributed by atoms with Crippen molar-refractivity contribution in [3.8, 4) is 0 Å². The van der Waals surface area contributed by atoms with Gasteiger partial charge in [0.15, 0.2) is 0 Å². The van der Waals surface area contributed by atoms with Gasteiger partial charge in [-0.3, -0.25) is 10.1 Å². The van der Waals surface area contributed by atoms with Gasteiger partial charge in [0.25, 0.3) is 5.69 Å². The van der Waals surface area contributed by atoms with Crippen LogP contribution in [-0.2, 0) is 11.3 Å². The lowest BCUT2D eigenvalue weighted by Gasteiger charge is -2.06. The lowest BCUT2D eigenvalue weighted by Crippen LogP contribution is -1.89. The van der Waals surface area contributed by atoms with Crippen LogP contribution in [0.5, 0.6) is 0 Å². The SMILES string of the molecule is O=[N+]([O-])c1ccc(/C(I)=C2/OCc3ccccc32)cc1. The van der Waals surface area contributed by atoms with Gasteiger partial charge in [-0.1, -0.05) is 24.3 Å². The van der Waals surface area contributed by atoms with Gasteiger partial charge in [0, 0.05) is 23.3 Å². The summed E-state index contributed by atoms with van der Waals surface area (Å²) in [7, 11) is 0. The van der Waals surface area contributed by atoms with Crippen molar-refractivity contribution in [2.45, 2.75) is 6.61 Å². The van der Waals surface area contributed by atoms with Crippen LogP contribution in [0.25, 0.3) is 9.34 Å². The highest BCUT2D eigenvalue weighted by Crippen LogP contribution is 2.38. The van der Waals surface area contributed by atoms with E-state index in [4.69, 9.17) is 4.74 Å². The van der Waals surface area contributed by atoms with Crippen molar-refractivity contribution < 1.29 is 9.66 Å². The van der Waals surface area contributed by atoms with Crippen molar-refractivity contribution >= 4 is 37.6 Å². The molecule has 1 aliphatic heterocycles. The Morgan fingerprint density at radius 3 is 2.55 bits per heavy atom. The van der Waals surface area contributed by atoms with Crippen molar-refractivity contribution in [1.82, 2.24) is 0 Å². The summed E-state index contributed by atoms with van der Waals surface area (Å²) in [6.07, 6.45) is 0. The van der Waals surface area contributed by atoms with Crippen molar-refractivity contribution in [2.24, 2.45) is 0 Å². The number of nitro groups is 1. The standard InChI is InChI=1S/C15H10INO3/c16-14(10-5-7-12(8-6-10)17(18)19)15-13-4-2-1-3-11(13)9-20-15/h1-8H,9H2/b15-14-. The zero-order valence-electron chi connectivity index (χ0n) is 10.4. The maximum Gasteiger partial charge on any atom is 0.269 e. The summed E-state index contributed by atoms with van der Waals surface area (Å²) in [6, 6.07) is 14.6. The molecule has 0 aromatic heterocycles. The van der Waals surface area contributed by atoms with E-state index in [1.807, 2.05) is 24.3 Å². The van der Waals surface area contributed by atoms with Gasteiger partial charge < -0.3 is 4.74 Å². The average molecular weight is 379 g/mol. The van der Waals surface area contributed by atoms with Crippen molar-refractivity contribution in [3.63, 3.8) is 0 Å². The van der Waals surface area contributed by atoms with Crippen molar-refractivity contribution in [2.75, 3.05) is 0 Å². The Bertz CT molecular complexity index is 707. The third-order valence-electron chi connectivity index (χ3n) is 3.16. The number of hydrogen-bond donors (Lipinski definition) is 0. The molecular weight excluding hydrogens is 369 g/mol. The van der Waals surface area contributed by atoms with Gasteiger partial charge in [-0.25, -0.2) is 0 Å². The molecule has 0 radical (unpaired) electrons. The molecule has 1 heterocycles. The first-order valence-electron chi connectivity index (χ1n) is 6.02. The smallest absolute Gasteiger partial charge is 0.269 e. The molecule has 0 saturated heterocycles. The normalized spacial score (nSPS) is 15.4. The monoisotopic (exact) mass is 379 g/mol. The molecule has 0 fully saturated rings. The molecule has 0 saturated carbocycles. The predicted molar refractivity (Wildman–Crippen MR) is 85.2 cm³/mol. The molecule has 0 aliphatic carbocycles. The van der Waals surface area contributed by atoms with E-state index < -0.39 is 4.92 Å². The quantitative estimate of drug-likeness (QED) is 0.442. The van der Waals surface area contributed by atoms with Crippen LogP contribution in [0.2, 0.25) is 0 Å². The van der Waals surface area contributed by atoms with E-state index in [1.54, 1.807) is 12.1 Å². The second-order valence-corrected chi connectivity index (χ2v) is 5.47. The van der Waals surface area contributed by atoms with Gasteiger partial charge in [-0.05, 0) is 40.3 Å². The predicted octanol–water partition coefficient (Wildman–Crippen LogP) is 4.39. The minimum absolute atomic E-state index is 0.0932. The van der Waals surface area contributed by atoms with Crippen LogP contribution in [0.3, 0.4) is 0 Å². The van der Waals surface area contributed by atoms with Gasteiger partial charge in [-0.15, -0.1) is 0 Å². The first-order valence-corrected chi connectivity index (χ1v) is 7.10. The molecular formula is C15H10INO3. The molecule has 0 amide bonds.